The molecule has 0 spiro atoms. The Labute approximate surface area is 139 Å². The predicted octanol–water partition coefficient (Wildman–Crippen LogP) is 0.526. The van der Waals surface area contributed by atoms with E-state index >= 15 is 0 Å². The highest BCUT2D eigenvalue weighted by Gasteiger charge is 2.26. The van der Waals surface area contributed by atoms with Crippen LogP contribution in [0, 0.1) is 0 Å². The van der Waals surface area contributed by atoms with Crippen molar-refractivity contribution in [3.8, 4) is 0 Å². The number of aromatic nitrogens is 2. The van der Waals surface area contributed by atoms with E-state index in [-0.39, 0.29) is 24.7 Å². The second kappa shape index (κ2) is 8.73. The number of halogens is 1. The van der Waals surface area contributed by atoms with E-state index in [1.165, 1.54) is 18.6 Å². The van der Waals surface area contributed by atoms with Gasteiger partial charge in [-0.1, -0.05) is 13.3 Å². The van der Waals surface area contributed by atoms with E-state index in [0.717, 1.165) is 11.3 Å². The van der Waals surface area contributed by atoms with E-state index in [2.05, 4.69) is 4.98 Å². The average molecular weight is 347 g/mol. The third-order valence-electron chi connectivity index (χ3n) is 3.34. The minimum Gasteiger partial charge on any atom is -0.383 e. The number of ether oxygens (including phenoxy) is 1. The maximum Gasteiger partial charge on any atom is 0.330 e. The first-order valence-corrected chi connectivity index (χ1v) is 7.85. The summed E-state index contributed by atoms with van der Waals surface area (Å²) in [6, 6.07) is 0. The lowest BCUT2D eigenvalue weighted by Crippen LogP contribution is -2.44. The summed E-state index contributed by atoms with van der Waals surface area (Å²) in [5.74, 6) is -0.532. The fourth-order valence-corrected chi connectivity index (χ4v) is 2.22. The molecule has 0 bridgehead atoms. The Morgan fingerprint density at radius 1 is 1.48 bits per heavy atom. The molecule has 0 aliphatic rings. The van der Waals surface area contributed by atoms with Gasteiger partial charge in [-0.15, -0.1) is 11.6 Å². The first-order valence-electron chi connectivity index (χ1n) is 7.42. The van der Waals surface area contributed by atoms with Gasteiger partial charge in [0.05, 0.1) is 6.61 Å². The number of hydrogen-bond acceptors (Lipinski definition) is 5. The largest absolute Gasteiger partial charge is 0.383 e. The van der Waals surface area contributed by atoms with Crippen molar-refractivity contribution in [2.45, 2.75) is 38.6 Å². The number of alkyl halides is 1. The number of nitrogens with two attached hydrogens (primary N) is 1. The maximum absolute atomic E-state index is 12.3. The Balaban J connectivity index is 3.43. The Bertz CT molecular complexity index is 653. The number of unbranched alkanes of at least 4 members (excludes halogenated alkanes) is 1. The van der Waals surface area contributed by atoms with Crippen LogP contribution >= 0.6 is 11.6 Å². The van der Waals surface area contributed by atoms with Gasteiger partial charge in [0, 0.05) is 20.2 Å². The molecule has 0 saturated carbocycles. The summed E-state index contributed by atoms with van der Waals surface area (Å²) in [6.45, 7) is 4.13. The molecule has 0 saturated heterocycles. The van der Waals surface area contributed by atoms with Gasteiger partial charge in [0.25, 0.3) is 5.56 Å². The van der Waals surface area contributed by atoms with E-state index in [1.807, 2.05) is 6.92 Å². The van der Waals surface area contributed by atoms with Crippen LogP contribution < -0.4 is 21.9 Å². The highest BCUT2D eigenvalue weighted by atomic mass is 35.5. The molecule has 0 radical (unpaired) electrons. The Morgan fingerprint density at radius 2 is 2.13 bits per heavy atom. The summed E-state index contributed by atoms with van der Waals surface area (Å²) in [5.41, 5.74) is 4.61. The van der Waals surface area contributed by atoms with Gasteiger partial charge in [0.15, 0.2) is 5.69 Å². The number of aromatic amines is 1. The molecule has 8 nitrogen and oxygen atoms in total. The fourth-order valence-electron chi connectivity index (χ4n) is 2.11. The van der Waals surface area contributed by atoms with E-state index < -0.39 is 22.5 Å². The molecule has 23 heavy (non-hydrogen) atoms. The summed E-state index contributed by atoms with van der Waals surface area (Å²) in [5, 5.41) is -0.846. The standard InChI is InChI=1S/C14H23ClN4O4/c1-4-5-6-19-11(16)10(12(20)17-14(19)22)18(7-8-23-3)13(21)9(2)15/h9H,4-8,16H2,1-3H3,(H,17,20,22)/t9-/m0/s1. The van der Waals surface area contributed by atoms with Crippen molar-refractivity contribution in [1.29, 1.82) is 0 Å². The number of amides is 1. The van der Waals surface area contributed by atoms with Crippen LogP contribution in [0.3, 0.4) is 0 Å². The number of rotatable bonds is 8. The molecule has 1 heterocycles. The summed E-state index contributed by atoms with van der Waals surface area (Å²) in [6.07, 6.45) is 1.57. The number of H-pyrrole nitrogens is 1. The van der Waals surface area contributed by atoms with Crippen molar-refractivity contribution in [1.82, 2.24) is 9.55 Å². The SMILES string of the molecule is CCCCn1c(N)c(N(CCOC)C(=O)[C@H](C)Cl)c(=O)[nH]c1=O. The molecular weight excluding hydrogens is 324 g/mol. The second-order valence-corrected chi connectivity index (χ2v) is 5.75. The van der Waals surface area contributed by atoms with Crippen molar-refractivity contribution >= 4 is 29.0 Å². The summed E-state index contributed by atoms with van der Waals surface area (Å²) < 4.78 is 6.22. The quantitative estimate of drug-likeness (QED) is 0.667. The molecule has 9 heteroatoms. The molecule has 0 aliphatic carbocycles. The van der Waals surface area contributed by atoms with Gasteiger partial charge < -0.3 is 15.4 Å². The first kappa shape index (κ1) is 19.2. The third-order valence-corrected chi connectivity index (χ3v) is 3.53. The normalized spacial score (nSPS) is 12.2. The molecule has 1 aromatic rings. The molecule has 130 valence electrons. The first-order chi connectivity index (χ1) is 10.8. The van der Waals surface area contributed by atoms with Gasteiger partial charge in [-0.2, -0.15) is 0 Å². The molecule has 1 aromatic heterocycles. The third kappa shape index (κ3) is 4.59. The maximum atomic E-state index is 12.3. The topological polar surface area (TPSA) is 110 Å². The number of nitrogens with zero attached hydrogens (tertiary/aromatic N) is 2. The van der Waals surface area contributed by atoms with Crippen LogP contribution in [-0.4, -0.2) is 41.1 Å². The number of carbonyl (C=O) groups excluding carboxylic acids is 1. The van der Waals surface area contributed by atoms with Gasteiger partial charge in [-0.3, -0.25) is 19.1 Å². The molecule has 1 atom stereocenters. The van der Waals surface area contributed by atoms with Gasteiger partial charge in [-0.05, 0) is 13.3 Å². The van der Waals surface area contributed by atoms with E-state index in [4.69, 9.17) is 22.1 Å². The fraction of sp³-hybridized carbons (Fsp3) is 0.643. The molecule has 0 aliphatic heterocycles. The minimum atomic E-state index is -0.846. The smallest absolute Gasteiger partial charge is 0.330 e. The lowest BCUT2D eigenvalue weighted by atomic mass is 10.3. The summed E-state index contributed by atoms with van der Waals surface area (Å²) in [4.78, 5) is 39.8. The van der Waals surface area contributed by atoms with Crippen molar-refractivity contribution in [3.63, 3.8) is 0 Å². The lowest BCUT2D eigenvalue weighted by molar-refractivity contribution is -0.118. The summed E-state index contributed by atoms with van der Waals surface area (Å²) >= 11 is 5.86. The van der Waals surface area contributed by atoms with Crippen molar-refractivity contribution in [2.75, 3.05) is 30.9 Å². The van der Waals surface area contributed by atoms with Gasteiger partial charge in [0.2, 0.25) is 5.91 Å². The molecule has 0 fully saturated rings. The molecule has 1 rings (SSSR count). The highest BCUT2D eigenvalue weighted by Crippen LogP contribution is 2.19. The minimum absolute atomic E-state index is 0.0473. The number of nitrogen functional groups attached to an aromatic ring is 1. The Kier molecular flexibility index (Phi) is 7.31. The molecule has 0 aromatic carbocycles. The van der Waals surface area contributed by atoms with E-state index in [9.17, 15) is 14.4 Å². The number of anilines is 2. The van der Waals surface area contributed by atoms with Crippen LogP contribution in [0.15, 0.2) is 9.59 Å². The predicted molar refractivity (Wildman–Crippen MR) is 90.2 cm³/mol. The zero-order valence-electron chi connectivity index (χ0n) is 13.6. The Morgan fingerprint density at radius 3 is 2.65 bits per heavy atom. The number of nitrogens with one attached hydrogen (secondary N) is 1. The van der Waals surface area contributed by atoms with Crippen LogP contribution in [0.5, 0.6) is 0 Å². The average Bonchev–Trinajstić information content (AvgIpc) is 2.49. The van der Waals surface area contributed by atoms with Crippen molar-refractivity contribution < 1.29 is 9.53 Å². The van der Waals surface area contributed by atoms with E-state index in [1.54, 1.807) is 0 Å². The second-order valence-electron chi connectivity index (χ2n) is 5.10. The molecular formula is C14H23ClN4O4. The Hall–Kier alpha value is -1.80. The van der Waals surface area contributed by atoms with Gasteiger partial charge in [-0.25, -0.2) is 4.79 Å². The van der Waals surface area contributed by atoms with Gasteiger partial charge in [0.1, 0.15) is 11.2 Å². The van der Waals surface area contributed by atoms with Crippen molar-refractivity contribution in [3.05, 3.63) is 20.8 Å². The lowest BCUT2D eigenvalue weighted by Gasteiger charge is -2.25. The number of methoxy groups -OCH3 is 1. The van der Waals surface area contributed by atoms with Crippen LogP contribution in [0.2, 0.25) is 0 Å². The van der Waals surface area contributed by atoms with Crippen LogP contribution in [-0.2, 0) is 16.1 Å². The zero-order chi connectivity index (χ0) is 17.6. The van der Waals surface area contributed by atoms with Crippen LogP contribution in [0.1, 0.15) is 26.7 Å². The molecule has 0 unspecified atom stereocenters. The van der Waals surface area contributed by atoms with Crippen molar-refractivity contribution in [2.24, 2.45) is 0 Å². The number of hydrogen-bond donors (Lipinski definition) is 2. The monoisotopic (exact) mass is 346 g/mol. The zero-order valence-corrected chi connectivity index (χ0v) is 14.4. The van der Waals surface area contributed by atoms with E-state index in [0.29, 0.717) is 13.0 Å². The summed E-state index contributed by atoms with van der Waals surface area (Å²) in [7, 11) is 1.47. The van der Waals surface area contributed by atoms with Crippen LogP contribution in [0.4, 0.5) is 11.5 Å². The number of carbonyl (C=O) groups is 1. The molecule has 1 amide bonds. The molecule has 3 N–H and O–H groups in total. The highest BCUT2D eigenvalue weighted by molar-refractivity contribution is 6.32. The van der Waals surface area contributed by atoms with Crippen LogP contribution in [0.25, 0.3) is 0 Å². The van der Waals surface area contributed by atoms with Gasteiger partial charge >= 0.3 is 5.69 Å².